The van der Waals surface area contributed by atoms with Crippen LogP contribution in [0, 0.1) is 33.8 Å². The zero-order valence-electron chi connectivity index (χ0n) is 51.1. The number of rotatable bonds is 21. The van der Waals surface area contributed by atoms with Crippen molar-refractivity contribution >= 4 is 128 Å². The fourth-order valence-electron chi connectivity index (χ4n) is 14.3. The Hall–Kier alpha value is -8.75. The summed E-state index contributed by atoms with van der Waals surface area (Å²) < 4.78 is 28.1. The van der Waals surface area contributed by atoms with Crippen molar-refractivity contribution in [2.45, 2.75) is 53.0 Å². The average Bonchev–Trinajstić information content (AvgIpc) is 0.861. The summed E-state index contributed by atoms with van der Waals surface area (Å²) in [5.74, 6) is -12.3. The van der Waals surface area contributed by atoms with Crippen LogP contribution in [0.25, 0.3) is 27.5 Å². The Bertz CT molecular complexity index is 4790. The van der Waals surface area contributed by atoms with Gasteiger partial charge in [0.2, 0.25) is 5.52 Å². The number of hydrazine groups is 2. The molecule has 498 valence electrons. The average molecular weight is 1430 g/mol. The van der Waals surface area contributed by atoms with E-state index in [1.165, 1.54) is 76.9 Å². The molecule has 1 aromatic heterocycles. The minimum atomic E-state index is -1.25. The number of nitrogens with zero attached hydrogens (tertiary/aromatic N) is 4. The summed E-state index contributed by atoms with van der Waals surface area (Å²) in [5.41, 5.74) is 14.3. The van der Waals surface area contributed by atoms with Gasteiger partial charge in [0.25, 0.3) is 5.91 Å². The number of nitrogens with one attached hydrogen (secondary N) is 3. The number of hydrogen-bond donors (Lipinski definition) is 7. The van der Waals surface area contributed by atoms with E-state index in [0.29, 0.717) is 49.2 Å². The highest BCUT2D eigenvalue weighted by molar-refractivity contribution is 8.77. The summed E-state index contributed by atoms with van der Waals surface area (Å²) >= 11 is 0. The fourth-order valence-corrected chi connectivity index (χ4v) is 20.6. The van der Waals surface area contributed by atoms with Gasteiger partial charge >= 0.3 is 29.6 Å². The Balaban J connectivity index is 0.607. The Labute approximate surface area is 580 Å². The quantitative estimate of drug-likeness (QED) is 0.0152. The van der Waals surface area contributed by atoms with E-state index >= 15 is 0 Å². The van der Waals surface area contributed by atoms with Crippen LogP contribution in [0.5, 0.6) is 11.5 Å². The van der Waals surface area contributed by atoms with Crippen LogP contribution in [0.4, 0.5) is 5.69 Å². The Morgan fingerprint density at radius 2 is 1.03 bits per heavy atom. The molecule has 6 aliphatic carbocycles. The van der Waals surface area contributed by atoms with Crippen molar-refractivity contribution in [3.63, 3.8) is 0 Å². The molecule has 29 heteroatoms. The molecule has 1 amide bonds. The van der Waals surface area contributed by atoms with Crippen LogP contribution in [-0.2, 0) is 33.4 Å². The summed E-state index contributed by atoms with van der Waals surface area (Å²) in [6.45, 7) is 2.61. The molecule has 0 saturated heterocycles. The molecule has 23 nitrogen and oxygen atoms in total. The molecule has 7 N–H and O–H groups in total. The Kier molecular flexibility index (Phi) is 18.3. The van der Waals surface area contributed by atoms with Crippen molar-refractivity contribution in [1.82, 2.24) is 31.6 Å². The molecule has 98 heavy (non-hydrogen) atoms. The number of benzene rings is 8. The second-order valence-electron chi connectivity index (χ2n) is 23.8. The normalized spacial score (nSPS) is 20.8. The van der Waals surface area contributed by atoms with E-state index in [2.05, 4.69) is 26.6 Å². The van der Waals surface area contributed by atoms with Crippen LogP contribution in [0.1, 0.15) is 84.1 Å². The molecular formula is C69H55N7O16S6. The third-order valence-electron chi connectivity index (χ3n) is 18.5. The van der Waals surface area contributed by atoms with Gasteiger partial charge in [0, 0.05) is 77.4 Å². The highest BCUT2D eigenvalue weighted by Gasteiger charge is 2.57. The van der Waals surface area contributed by atoms with Gasteiger partial charge in [0.1, 0.15) is 5.75 Å². The lowest BCUT2D eigenvalue weighted by atomic mass is 9.54. The number of hydrogen-bond acceptors (Lipinski definition) is 23. The number of carbonyl (C=O) groups excluding carboxylic acids is 1. The van der Waals surface area contributed by atoms with E-state index < -0.39 is 76.1 Å². The first-order chi connectivity index (χ1) is 47.6. The lowest BCUT2D eigenvalue weighted by molar-refractivity contribution is -0.383. The van der Waals surface area contributed by atoms with Crippen LogP contribution in [0.3, 0.4) is 0 Å². The molecule has 0 radical (unpaired) electrons. The molecule has 0 saturated carbocycles. The highest BCUT2D eigenvalue weighted by Crippen LogP contribution is 2.62. The maximum atomic E-state index is 14.4. The molecular weight excluding hydrogens is 1380 g/mol. The van der Waals surface area contributed by atoms with Gasteiger partial charge in [-0.15, -0.1) is 5.53 Å². The summed E-state index contributed by atoms with van der Waals surface area (Å²) in [6, 6.07) is 43.0. The Morgan fingerprint density at radius 1 is 0.541 bits per heavy atom. The number of aromatic nitrogens is 2. The predicted molar refractivity (Wildman–Crippen MR) is 367 cm³/mol. The molecule has 11 heterocycles. The van der Waals surface area contributed by atoms with Gasteiger partial charge in [-0.2, -0.15) is 0 Å². The fraction of sp³-hybridized carbons (Fsp3) is 0.232. The van der Waals surface area contributed by atoms with E-state index in [1.54, 1.807) is 12.1 Å². The van der Waals surface area contributed by atoms with Gasteiger partial charge in [0.05, 0.1) is 86.0 Å². The molecule has 8 unspecified atom stereocenters. The largest absolute Gasteiger partial charge is 0.481 e. The molecule has 10 aliphatic heterocycles. The Morgan fingerprint density at radius 3 is 1.55 bits per heavy atom. The smallest absolute Gasteiger partial charge is 0.308 e. The number of carbonyl (C=O) groups is 5. The minimum absolute atomic E-state index is 0.00611. The van der Waals surface area contributed by atoms with Crippen LogP contribution in [0.15, 0.2) is 180 Å². The second-order valence-corrected chi connectivity index (χ2v) is 30.6. The van der Waals surface area contributed by atoms with Crippen LogP contribution in [-0.4, -0.2) is 123 Å². The number of carboxylic acids is 4. The highest BCUT2D eigenvalue weighted by atomic mass is 33.1. The van der Waals surface area contributed by atoms with Crippen LogP contribution >= 0.6 is 64.8 Å². The maximum Gasteiger partial charge on any atom is 0.308 e. The molecule has 16 aliphatic rings. The third-order valence-corrected chi connectivity index (χ3v) is 25.7. The van der Waals surface area contributed by atoms with Crippen molar-refractivity contribution in [3.05, 3.63) is 211 Å². The van der Waals surface area contributed by atoms with Gasteiger partial charge in [-0.1, -0.05) is 101 Å². The lowest BCUT2D eigenvalue weighted by Crippen LogP contribution is -2.47. The number of nitro benzene ring substituents is 1. The van der Waals surface area contributed by atoms with Gasteiger partial charge in [-0.05, 0) is 163 Å². The number of nitro groups is 1. The summed E-state index contributed by atoms with van der Waals surface area (Å²) in [7, 11) is 8.70. The molecule has 8 atom stereocenters. The molecule has 0 fully saturated rings. The minimum Gasteiger partial charge on any atom is -0.481 e. The number of non-ortho nitro benzene ring substituents is 1. The lowest BCUT2D eigenvalue weighted by Gasteiger charge is -2.47. The molecule has 0 spiro atoms. The van der Waals surface area contributed by atoms with E-state index in [-0.39, 0.29) is 48.1 Å². The predicted octanol–water partition coefficient (Wildman–Crippen LogP) is 12.9. The number of fused-ring (bicyclic) bond motifs is 3. The van der Waals surface area contributed by atoms with Gasteiger partial charge in [0.15, 0.2) is 11.3 Å². The van der Waals surface area contributed by atoms with E-state index in [1.807, 2.05) is 126 Å². The first-order valence-corrected chi connectivity index (χ1v) is 37.4. The number of ether oxygens (including phenoxy) is 4. The van der Waals surface area contributed by atoms with Crippen molar-refractivity contribution in [3.8, 4) is 11.5 Å². The number of amides is 1. The van der Waals surface area contributed by atoms with Crippen molar-refractivity contribution in [2.24, 2.45) is 23.7 Å². The van der Waals surface area contributed by atoms with Gasteiger partial charge in [-0.3, -0.25) is 39.1 Å². The molecule has 18 bridgehead atoms. The van der Waals surface area contributed by atoms with Crippen molar-refractivity contribution in [1.29, 1.82) is 0 Å². The summed E-state index contributed by atoms with van der Waals surface area (Å²) in [6.07, 6.45) is 1.90. The summed E-state index contributed by atoms with van der Waals surface area (Å²) in [4.78, 5) is 83.0. The summed E-state index contributed by atoms with van der Waals surface area (Å²) in [5, 5.41) is 68.6. The zero-order valence-corrected chi connectivity index (χ0v) is 56.0. The monoisotopic (exact) mass is 1430 g/mol. The van der Waals surface area contributed by atoms with E-state index in [4.69, 9.17) is 23.6 Å². The first-order valence-electron chi connectivity index (χ1n) is 30.9. The van der Waals surface area contributed by atoms with Crippen molar-refractivity contribution < 1.29 is 72.9 Å². The maximum absolute atomic E-state index is 14.4. The van der Waals surface area contributed by atoms with Crippen LogP contribution < -0.4 is 21.0 Å². The standard InChI is InChI=1S/C69H55N7O16S6/c77-65(70-18-20-88-22-24-90-25-23-89-21-19-75-32-50(71-74-75)33-4-6-35(7-5-33)91-52-17-16-51(76(86)87)63-64(52)73-92-72-63)49-26-34-2-1-3-53-44(34)31-54(49)98-96-39-11-15-43-48(30-39)58-41-13-9-37(28-46(41)56(43)60(67(80)81)62(58)69(84)85)94-93-36-8-12-40-45(27-36)55-42-14-10-38(95-97-53)29-47(42)57(40)61(68(82)83)59(55)66(78)79/h1-17,26-32,55-62,71,74H,18-25H2,(H,70,77)(H,78,79)(H,80,81)(H,82,83)(H,84,85). The number of carboxylic acid groups (broad SMARTS) is 4. The van der Waals surface area contributed by atoms with Crippen molar-refractivity contribution in [2.75, 3.05) is 52.7 Å². The molecule has 8 aromatic carbocycles. The van der Waals surface area contributed by atoms with Crippen LogP contribution in [0.2, 0.25) is 0 Å². The van der Waals surface area contributed by atoms with E-state index in [0.717, 1.165) is 91.0 Å². The van der Waals surface area contributed by atoms with Gasteiger partial charge < -0.3 is 50.1 Å². The van der Waals surface area contributed by atoms with Gasteiger partial charge in [-0.25, -0.2) is 4.63 Å². The molecule has 25 rings (SSSR count). The van der Waals surface area contributed by atoms with E-state index in [9.17, 15) is 54.5 Å². The number of aliphatic carboxylic acids is 4. The SMILES string of the molecule is O=C(NCCOCCOCCOCCN1C=C(c2ccc(Oc3ccc([N+](=O)[O-])c4nonc34)cc2)NN1)c1cc2cccc3c2cc1SSc1ccc2c(c1)C1c4ccc(cc4C2C(C(=O)O)C1C(=O)O)SSc1ccc2c(c1)C1c4ccc(cc4C2C(C(=O)O)C1C(=O)O)SS3. The third kappa shape index (κ3) is 12.3. The first kappa shape index (κ1) is 65.2. The second kappa shape index (κ2) is 27.5. The zero-order chi connectivity index (χ0) is 67.5. The molecule has 9 aromatic rings. The topological polar surface area (TPSA) is 325 Å².